The van der Waals surface area contributed by atoms with E-state index in [2.05, 4.69) is 14.7 Å². The van der Waals surface area contributed by atoms with Crippen LogP contribution >= 0.6 is 11.5 Å². The van der Waals surface area contributed by atoms with Crippen molar-refractivity contribution in [1.82, 2.24) is 13.9 Å². The fourth-order valence-electron chi connectivity index (χ4n) is 1.32. The summed E-state index contributed by atoms with van der Waals surface area (Å²) in [4.78, 5) is 15.9. The highest BCUT2D eigenvalue weighted by Gasteiger charge is 2.12. The standard InChI is InChI=1S/C9H11N5OS/c1-5-11-9(16-13-5)12-8(15)7-3-6(10)4-14(7)2/h3-4H,10H2,1-2H3,(H,11,12,13,15). The van der Waals surface area contributed by atoms with Crippen LogP contribution in [-0.2, 0) is 7.05 Å². The molecule has 0 aliphatic carbocycles. The van der Waals surface area contributed by atoms with Gasteiger partial charge in [0.1, 0.15) is 11.5 Å². The van der Waals surface area contributed by atoms with Gasteiger partial charge in [0.2, 0.25) is 5.13 Å². The van der Waals surface area contributed by atoms with E-state index in [4.69, 9.17) is 5.73 Å². The molecule has 2 heterocycles. The molecule has 0 saturated heterocycles. The number of aryl methyl sites for hydroxylation is 2. The predicted octanol–water partition coefficient (Wildman–Crippen LogP) is 1.02. The van der Waals surface area contributed by atoms with E-state index in [0.717, 1.165) is 11.5 Å². The highest BCUT2D eigenvalue weighted by molar-refractivity contribution is 7.09. The number of nitrogens with one attached hydrogen (secondary N) is 1. The van der Waals surface area contributed by atoms with Gasteiger partial charge in [0.25, 0.3) is 5.91 Å². The fraction of sp³-hybridized carbons (Fsp3) is 0.222. The van der Waals surface area contributed by atoms with Crippen LogP contribution in [-0.4, -0.2) is 19.8 Å². The Labute approximate surface area is 96.3 Å². The Morgan fingerprint density at radius 3 is 2.88 bits per heavy atom. The quantitative estimate of drug-likeness (QED) is 0.816. The zero-order chi connectivity index (χ0) is 11.7. The average molecular weight is 237 g/mol. The van der Waals surface area contributed by atoms with E-state index in [1.54, 1.807) is 30.8 Å². The van der Waals surface area contributed by atoms with E-state index in [-0.39, 0.29) is 5.91 Å². The van der Waals surface area contributed by atoms with Gasteiger partial charge in [0.05, 0.1) is 5.69 Å². The molecule has 3 N–H and O–H groups in total. The number of nitrogen functional groups attached to an aromatic ring is 1. The SMILES string of the molecule is Cc1nsc(NC(=O)c2cc(N)cn2C)n1. The topological polar surface area (TPSA) is 85.8 Å². The van der Waals surface area contributed by atoms with Gasteiger partial charge in [0.15, 0.2) is 0 Å². The molecule has 6 nitrogen and oxygen atoms in total. The van der Waals surface area contributed by atoms with Crippen molar-refractivity contribution in [3.8, 4) is 0 Å². The minimum atomic E-state index is -0.240. The van der Waals surface area contributed by atoms with Gasteiger partial charge < -0.3 is 10.3 Å². The second kappa shape index (κ2) is 3.93. The molecule has 84 valence electrons. The molecule has 16 heavy (non-hydrogen) atoms. The zero-order valence-electron chi connectivity index (χ0n) is 8.89. The summed E-state index contributed by atoms with van der Waals surface area (Å²) in [5, 5.41) is 3.15. The number of aromatic nitrogens is 3. The van der Waals surface area contributed by atoms with Crippen molar-refractivity contribution in [3.63, 3.8) is 0 Å². The number of nitrogens with two attached hydrogens (primary N) is 1. The summed E-state index contributed by atoms with van der Waals surface area (Å²) < 4.78 is 5.64. The Morgan fingerprint density at radius 1 is 1.62 bits per heavy atom. The van der Waals surface area contributed by atoms with Gasteiger partial charge in [-0.25, -0.2) is 4.98 Å². The lowest BCUT2D eigenvalue weighted by molar-refractivity contribution is 0.101. The van der Waals surface area contributed by atoms with E-state index in [1.165, 1.54) is 0 Å². The molecule has 0 atom stereocenters. The first-order chi connectivity index (χ1) is 7.56. The molecule has 0 fully saturated rings. The lowest BCUT2D eigenvalue weighted by atomic mass is 10.4. The number of nitrogens with zero attached hydrogens (tertiary/aromatic N) is 3. The minimum Gasteiger partial charge on any atom is -0.397 e. The largest absolute Gasteiger partial charge is 0.397 e. The zero-order valence-corrected chi connectivity index (χ0v) is 9.71. The lowest BCUT2D eigenvalue weighted by Gasteiger charge is -2.01. The monoisotopic (exact) mass is 237 g/mol. The third kappa shape index (κ3) is 2.03. The Kier molecular flexibility index (Phi) is 2.61. The van der Waals surface area contributed by atoms with Crippen molar-refractivity contribution >= 4 is 28.3 Å². The highest BCUT2D eigenvalue weighted by Crippen LogP contribution is 2.14. The molecule has 7 heteroatoms. The summed E-state index contributed by atoms with van der Waals surface area (Å²) in [6, 6.07) is 1.61. The van der Waals surface area contributed by atoms with Crippen LogP contribution in [0.5, 0.6) is 0 Å². The Bertz CT molecular complexity index is 530. The average Bonchev–Trinajstić information content (AvgIpc) is 2.73. The van der Waals surface area contributed by atoms with Crippen molar-refractivity contribution in [2.24, 2.45) is 7.05 Å². The van der Waals surface area contributed by atoms with Crippen LogP contribution < -0.4 is 11.1 Å². The van der Waals surface area contributed by atoms with Crippen LogP contribution in [0.3, 0.4) is 0 Å². The minimum absolute atomic E-state index is 0.240. The smallest absolute Gasteiger partial charge is 0.274 e. The number of hydrogen-bond donors (Lipinski definition) is 2. The second-order valence-corrected chi connectivity index (χ2v) is 4.12. The van der Waals surface area contributed by atoms with Crippen molar-refractivity contribution in [2.45, 2.75) is 6.92 Å². The molecular weight excluding hydrogens is 226 g/mol. The second-order valence-electron chi connectivity index (χ2n) is 3.37. The van der Waals surface area contributed by atoms with Gasteiger partial charge in [0, 0.05) is 24.8 Å². The number of rotatable bonds is 2. The first kappa shape index (κ1) is 10.6. The number of carbonyl (C=O) groups excluding carboxylic acids is 1. The summed E-state index contributed by atoms with van der Waals surface area (Å²) in [6.07, 6.45) is 1.68. The molecule has 2 aromatic heterocycles. The van der Waals surface area contributed by atoms with Crippen molar-refractivity contribution in [1.29, 1.82) is 0 Å². The maximum atomic E-state index is 11.8. The summed E-state index contributed by atoms with van der Waals surface area (Å²) in [7, 11) is 1.76. The first-order valence-electron chi connectivity index (χ1n) is 4.60. The number of amides is 1. The third-order valence-electron chi connectivity index (χ3n) is 2.01. The van der Waals surface area contributed by atoms with Gasteiger partial charge in [-0.2, -0.15) is 4.37 Å². The fourth-order valence-corrected chi connectivity index (χ4v) is 1.90. The summed E-state index contributed by atoms with van der Waals surface area (Å²) in [5.41, 5.74) is 6.64. The molecular formula is C9H11N5OS. The lowest BCUT2D eigenvalue weighted by Crippen LogP contribution is -2.15. The van der Waals surface area contributed by atoms with E-state index in [9.17, 15) is 4.79 Å². The Balaban J connectivity index is 2.17. The van der Waals surface area contributed by atoms with Crippen LogP contribution in [0, 0.1) is 6.92 Å². The number of hydrogen-bond acceptors (Lipinski definition) is 5. The van der Waals surface area contributed by atoms with Crippen molar-refractivity contribution in [2.75, 3.05) is 11.1 Å². The number of anilines is 2. The van der Waals surface area contributed by atoms with E-state index in [1.807, 2.05) is 0 Å². The molecule has 0 aliphatic heterocycles. The van der Waals surface area contributed by atoms with Crippen LogP contribution in [0.15, 0.2) is 12.3 Å². The van der Waals surface area contributed by atoms with E-state index >= 15 is 0 Å². The van der Waals surface area contributed by atoms with Gasteiger partial charge in [-0.3, -0.25) is 10.1 Å². The summed E-state index contributed by atoms with van der Waals surface area (Å²) in [5.74, 6) is 0.405. The predicted molar refractivity (Wildman–Crippen MR) is 62.4 cm³/mol. The molecule has 0 radical (unpaired) electrons. The summed E-state index contributed by atoms with van der Waals surface area (Å²) >= 11 is 1.15. The highest BCUT2D eigenvalue weighted by atomic mass is 32.1. The van der Waals surface area contributed by atoms with Gasteiger partial charge >= 0.3 is 0 Å². The Morgan fingerprint density at radius 2 is 2.38 bits per heavy atom. The Hall–Kier alpha value is -1.89. The van der Waals surface area contributed by atoms with Crippen LogP contribution in [0.1, 0.15) is 16.3 Å². The molecule has 2 aromatic rings. The third-order valence-corrected chi connectivity index (χ3v) is 2.73. The molecule has 0 saturated carbocycles. The molecule has 2 rings (SSSR count). The molecule has 0 spiro atoms. The normalized spacial score (nSPS) is 10.4. The maximum absolute atomic E-state index is 11.8. The van der Waals surface area contributed by atoms with Gasteiger partial charge in [-0.1, -0.05) is 0 Å². The van der Waals surface area contributed by atoms with Gasteiger partial charge in [-0.05, 0) is 13.0 Å². The van der Waals surface area contributed by atoms with Crippen molar-refractivity contribution < 1.29 is 4.79 Å². The van der Waals surface area contributed by atoms with Crippen molar-refractivity contribution in [3.05, 3.63) is 23.8 Å². The molecule has 1 amide bonds. The molecule has 0 unspecified atom stereocenters. The van der Waals surface area contributed by atoms with Crippen LogP contribution in [0.2, 0.25) is 0 Å². The maximum Gasteiger partial charge on any atom is 0.274 e. The molecule has 0 bridgehead atoms. The van der Waals surface area contributed by atoms with Crippen LogP contribution in [0.4, 0.5) is 10.8 Å². The molecule has 0 aromatic carbocycles. The number of carbonyl (C=O) groups is 1. The molecule has 0 aliphatic rings. The van der Waals surface area contributed by atoms with Crippen LogP contribution in [0.25, 0.3) is 0 Å². The van der Waals surface area contributed by atoms with E-state index in [0.29, 0.717) is 22.3 Å². The first-order valence-corrected chi connectivity index (χ1v) is 5.37. The van der Waals surface area contributed by atoms with Gasteiger partial charge in [-0.15, -0.1) is 0 Å². The van der Waals surface area contributed by atoms with E-state index < -0.39 is 0 Å². The summed E-state index contributed by atoms with van der Waals surface area (Å²) in [6.45, 7) is 1.77.